The third-order valence-corrected chi connectivity index (χ3v) is 3.80. The third-order valence-electron chi connectivity index (χ3n) is 3.80. The number of carboxylic acids is 1. The highest BCUT2D eigenvalue weighted by atomic mass is 16.9. The molecule has 0 amide bonds. The van der Waals surface area contributed by atoms with Crippen LogP contribution < -0.4 is 5.32 Å². The van der Waals surface area contributed by atoms with Gasteiger partial charge in [0.2, 0.25) is 0 Å². The van der Waals surface area contributed by atoms with Gasteiger partial charge in [0.25, 0.3) is 5.09 Å². The van der Waals surface area contributed by atoms with Crippen LogP contribution in [-0.4, -0.2) is 71.2 Å². The standard InChI is InChI=1S/C17H24N2O11/c1-17(15(22)23,10-12-3-4-13(20)14(21)9-12)18-11-29-16(24)28-8-7-27-5-2-6-30-19(25)26/h3-4,9,18,20-21H,2,5-8,10-11H2,1H3,(H,22,23). The van der Waals surface area contributed by atoms with E-state index >= 15 is 0 Å². The number of rotatable bonds is 14. The average molecular weight is 432 g/mol. The molecule has 0 spiro atoms. The molecule has 1 atom stereocenters. The van der Waals surface area contributed by atoms with E-state index in [1.54, 1.807) is 0 Å². The molecule has 1 aromatic carbocycles. The SMILES string of the molecule is CC(Cc1ccc(O)c(O)c1)(NCOC(=O)OCCOCCCO[N+](=O)[O-])C(=O)O. The maximum atomic E-state index is 11.6. The Bertz CT molecular complexity index is 728. The molecule has 0 fully saturated rings. The van der Waals surface area contributed by atoms with E-state index in [1.807, 2.05) is 0 Å². The summed E-state index contributed by atoms with van der Waals surface area (Å²) in [6, 6.07) is 3.92. The van der Waals surface area contributed by atoms with Crippen LogP contribution in [0, 0.1) is 10.1 Å². The second kappa shape index (κ2) is 12.3. The van der Waals surface area contributed by atoms with Crippen LogP contribution in [0.2, 0.25) is 0 Å². The molecule has 0 aromatic heterocycles. The summed E-state index contributed by atoms with van der Waals surface area (Å²) in [6.07, 6.45) is -0.817. The Hall–Kier alpha value is -3.32. The summed E-state index contributed by atoms with van der Waals surface area (Å²) in [4.78, 5) is 37.1. The number of aromatic hydroxyl groups is 2. The van der Waals surface area contributed by atoms with Gasteiger partial charge in [0.1, 0.15) is 18.9 Å². The Morgan fingerprint density at radius 2 is 1.87 bits per heavy atom. The Kier molecular flexibility index (Phi) is 10.1. The molecule has 0 heterocycles. The normalized spacial score (nSPS) is 12.6. The second-order valence-electron chi connectivity index (χ2n) is 6.22. The van der Waals surface area contributed by atoms with Crippen molar-refractivity contribution in [3.63, 3.8) is 0 Å². The van der Waals surface area contributed by atoms with Gasteiger partial charge >= 0.3 is 12.1 Å². The number of phenolic OH excluding ortho intramolecular Hbond substituents is 2. The number of nitrogens with zero attached hydrogens (tertiary/aromatic N) is 1. The van der Waals surface area contributed by atoms with Gasteiger partial charge in [0, 0.05) is 13.0 Å². The van der Waals surface area contributed by atoms with Gasteiger partial charge < -0.3 is 34.4 Å². The lowest BCUT2D eigenvalue weighted by Crippen LogP contribution is -2.52. The van der Waals surface area contributed by atoms with Gasteiger partial charge in [-0.25, -0.2) is 4.79 Å². The summed E-state index contributed by atoms with van der Waals surface area (Å²) in [7, 11) is 0. The molecular formula is C17H24N2O11. The van der Waals surface area contributed by atoms with E-state index in [-0.39, 0.29) is 44.3 Å². The quantitative estimate of drug-likeness (QED) is 0.0810. The molecule has 0 aliphatic carbocycles. The van der Waals surface area contributed by atoms with Crippen molar-refractivity contribution in [3.8, 4) is 11.5 Å². The fourth-order valence-electron chi connectivity index (χ4n) is 2.18. The number of carboxylic acid groups (broad SMARTS) is 1. The minimum atomic E-state index is -1.53. The van der Waals surface area contributed by atoms with Gasteiger partial charge in [-0.1, -0.05) is 6.07 Å². The number of carbonyl (C=O) groups excluding carboxylic acids is 1. The molecule has 0 aliphatic heterocycles. The molecule has 0 saturated carbocycles. The number of hydrogen-bond donors (Lipinski definition) is 4. The monoisotopic (exact) mass is 432 g/mol. The number of phenols is 2. The highest BCUT2D eigenvalue weighted by Gasteiger charge is 2.33. The maximum Gasteiger partial charge on any atom is 0.509 e. The van der Waals surface area contributed by atoms with Gasteiger partial charge in [-0.05, 0) is 31.0 Å². The summed E-state index contributed by atoms with van der Waals surface area (Å²) in [5.41, 5.74) is -1.09. The second-order valence-corrected chi connectivity index (χ2v) is 6.22. The van der Waals surface area contributed by atoms with Gasteiger partial charge in [-0.15, -0.1) is 10.1 Å². The lowest BCUT2D eigenvalue weighted by atomic mass is 9.93. The topological polar surface area (TPSA) is 187 Å². The smallest absolute Gasteiger partial charge is 0.504 e. The largest absolute Gasteiger partial charge is 0.509 e. The van der Waals surface area contributed by atoms with Crippen molar-refractivity contribution in [3.05, 3.63) is 33.9 Å². The van der Waals surface area contributed by atoms with Crippen molar-refractivity contribution >= 4 is 12.1 Å². The van der Waals surface area contributed by atoms with Crippen LogP contribution in [0.15, 0.2) is 18.2 Å². The predicted octanol–water partition coefficient (Wildman–Crippen LogP) is 0.799. The van der Waals surface area contributed by atoms with Crippen molar-refractivity contribution < 1.29 is 49.0 Å². The molecule has 0 radical (unpaired) electrons. The number of nitrogens with one attached hydrogen (secondary N) is 1. The predicted molar refractivity (Wildman–Crippen MR) is 98.3 cm³/mol. The number of aliphatic carboxylic acids is 1. The first kappa shape index (κ1) is 24.7. The van der Waals surface area contributed by atoms with Crippen LogP contribution in [0.3, 0.4) is 0 Å². The van der Waals surface area contributed by atoms with Crippen molar-refractivity contribution in [1.29, 1.82) is 0 Å². The van der Waals surface area contributed by atoms with Crippen molar-refractivity contribution in [2.24, 2.45) is 0 Å². The van der Waals surface area contributed by atoms with E-state index in [9.17, 15) is 35.0 Å². The molecule has 13 heteroatoms. The minimum absolute atomic E-state index is 0.0399. The van der Waals surface area contributed by atoms with E-state index in [1.165, 1.54) is 25.1 Å². The fraction of sp³-hybridized carbons (Fsp3) is 0.529. The molecule has 1 rings (SSSR count). The zero-order valence-corrected chi connectivity index (χ0v) is 16.2. The first-order chi connectivity index (χ1) is 14.1. The summed E-state index contributed by atoms with van der Waals surface area (Å²) >= 11 is 0. The minimum Gasteiger partial charge on any atom is -0.504 e. The van der Waals surface area contributed by atoms with Gasteiger partial charge in [0.15, 0.2) is 11.5 Å². The highest BCUT2D eigenvalue weighted by Crippen LogP contribution is 2.26. The van der Waals surface area contributed by atoms with Crippen LogP contribution in [0.1, 0.15) is 18.9 Å². The zero-order chi connectivity index (χ0) is 22.6. The molecular weight excluding hydrogens is 408 g/mol. The van der Waals surface area contributed by atoms with E-state index in [0.717, 1.165) is 0 Å². The first-order valence-electron chi connectivity index (χ1n) is 8.78. The lowest BCUT2D eigenvalue weighted by Gasteiger charge is -2.26. The van der Waals surface area contributed by atoms with Crippen LogP contribution in [0.5, 0.6) is 11.5 Å². The van der Waals surface area contributed by atoms with Crippen LogP contribution in [0.25, 0.3) is 0 Å². The highest BCUT2D eigenvalue weighted by molar-refractivity contribution is 5.78. The van der Waals surface area contributed by atoms with Crippen LogP contribution in [-0.2, 0) is 30.3 Å². The molecule has 0 saturated heterocycles. The van der Waals surface area contributed by atoms with E-state index in [0.29, 0.717) is 12.0 Å². The van der Waals surface area contributed by atoms with Crippen molar-refractivity contribution in [2.45, 2.75) is 25.3 Å². The molecule has 1 unspecified atom stereocenters. The Labute approximate surface area is 171 Å². The number of benzene rings is 1. The van der Waals surface area contributed by atoms with E-state index < -0.39 is 29.5 Å². The molecule has 13 nitrogen and oxygen atoms in total. The molecule has 30 heavy (non-hydrogen) atoms. The number of hydrogen-bond acceptors (Lipinski definition) is 11. The molecule has 1 aromatic rings. The van der Waals surface area contributed by atoms with Gasteiger partial charge in [-0.3, -0.25) is 10.1 Å². The Morgan fingerprint density at radius 1 is 1.13 bits per heavy atom. The van der Waals surface area contributed by atoms with Crippen molar-refractivity contribution in [2.75, 3.05) is 33.2 Å². The number of ether oxygens (including phenoxy) is 3. The van der Waals surface area contributed by atoms with Gasteiger partial charge in [0.05, 0.1) is 13.2 Å². The van der Waals surface area contributed by atoms with E-state index in [4.69, 9.17) is 14.2 Å². The lowest BCUT2D eigenvalue weighted by molar-refractivity contribution is -0.757. The first-order valence-corrected chi connectivity index (χ1v) is 8.78. The van der Waals surface area contributed by atoms with Crippen LogP contribution >= 0.6 is 0 Å². The third kappa shape index (κ3) is 9.25. The Morgan fingerprint density at radius 3 is 2.50 bits per heavy atom. The molecule has 168 valence electrons. The summed E-state index contributed by atoms with van der Waals surface area (Å²) < 4.78 is 14.6. The van der Waals surface area contributed by atoms with Crippen molar-refractivity contribution in [1.82, 2.24) is 5.32 Å². The number of carbonyl (C=O) groups is 2. The summed E-state index contributed by atoms with van der Waals surface area (Å²) in [6.45, 7) is 0.899. The van der Waals surface area contributed by atoms with Gasteiger partial charge in [-0.2, -0.15) is 0 Å². The molecule has 0 bridgehead atoms. The summed E-state index contributed by atoms with van der Waals surface area (Å²) in [5, 5.41) is 39.9. The average Bonchev–Trinajstić information content (AvgIpc) is 2.66. The van der Waals surface area contributed by atoms with E-state index in [2.05, 4.69) is 10.2 Å². The Balaban J connectivity index is 2.29. The fourth-order valence-corrected chi connectivity index (χ4v) is 2.18. The molecule has 0 aliphatic rings. The summed E-state index contributed by atoms with van der Waals surface area (Å²) in [5.74, 6) is -1.93. The maximum absolute atomic E-state index is 11.6. The van der Waals surface area contributed by atoms with Crippen LogP contribution in [0.4, 0.5) is 4.79 Å². The molecule has 4 N–H and O–H groups in total. The zero-order valence-electron chi connectivity index (χ0n) is 16.2.